The van der Waals surface area contributed by atoms with Crippen LogP contribution < -0.4 is 16.2 Å². The van der Waals surface area contributed by atoms with E-state index in [2.05, 4.69) is 25.9 Å². The number of nitrogens with one attached hydrogen (secondary N) is 1. The number of hydrogen-bond donors (Lipinski definition) is 2. The quantitative estimate of drug-likeness (QED) is 0.837. The lowest BCUT2D eigenvalue weighted by Crippen LogP contribution is -2.46. The van der Waals surface area contributed by atoms with Crippen LogP contribution in [0.15, 0.2) is 15.6 Å². The summed E-state index contributed by atoms with van der Waals surface area (Å²) in [6, 6.07) is 0.228. The maximum absolute atomic E-state index is 11.5. The van der Waals surface area contributed by atoms with Crippen molar-refractivity contribution in [1.82, 2.24) is 9.97 Å². The minimum atomic E-state index is -0.298. The highest BCUT2D eigenvalue weighted by Crippen LogP contribution is 2.29. The van der Waals surface area contributed by atoms with Crippen LogP contribution in [0.4, 0.5) is 5.82 Å². The van der Waals surface area contributed by atoms with Gasteiger partial charge in [-0.25, -0.2) is 4.98 Å². The summed E-state index contributed by atoms with van der Waals surface area (Å²) in [4.78, 5) is 31.5. The van der Waals surface area contributed by atoms with Crippen LogP contribution in [0.25, 0.3) is 0 Å². The summed E-state index contributed by atoms with van der Waals surface area (Å²) in [5.74, 6) is 0.0826. The molecule has 1 aromatic heterocycles. The number of nitrogens with zero attached hydrogens (tertiary/aromatic N) is 2. The van der Waals surface area contributed by atoms with Crippen molar-refractivity contribution in [1.29, 1.82) is 0 Å². The number of anilines is 1. The Morgan fingerprint density at radius 3 is 3.00 bits per heavy atom. The summed E-state index contributed by atoms with van der Waals surface area (Å²) in [6.45, 7) is 2.55. The van der Waals surface area contributed by atoms with Gasteiger partial charge in [-0.05, 0) is 35.7 Å². The molecular formula is C11H15BrN4O2. The second-order valence-electron chi connectivity index (χ2n) is 4.55. The number of primary amides is 1. The number of carbonyl (C=O) groups excluding carboxylic acids is 1. The van der Waals surface area contributed by atoms with Crippen molar-refractivity contribution >= 4 is 27.7 Å². The highest BCUT2D eigenvalue weighted by molar-refractivity contribution is 9.10. The molecule has 1 saturated heterocycles. The third kappa shape index (κ3) is 2.40. The van der Waals surface area contributed by atoms with Crippen molar-refractivity contribution in [3.8, 4) is 0 Å². The van der Waals surface area contributed by atoms with Gasteiger partial charge in [0.2, 0.25) is 5.91 Å². The highest BCUT2D eigenvalue weighted by atomic mass is 79.9. The SMILES string of the molecule is CC1CCC(C(N)=O)CN1c1nc[nH]c(=O)c1Br. The van der Waals surface area contributed by atoms with Crippen LogP contribution in [0.1, 0.15) is 19.8 Å². The van der Waals surface area contributed by atoms with Gasteiger partial charge in [-0.2, -0.15) is 0 Å². The van der Waals surface area contributed by atoms with Gasteiger partial charge < -0.3 is 15.6 Å². The molecule has 0 aliphatic carbocycles. The molecule has 2 rings (SSSR count). The van der Waals surface area contributed by atoms with Crippen LogP contribution in [-0.2, 0) is 4.79 Å². The molecule has 1 aromatic rings. The molecule has 1 fully saturated rings. The zero-order chi connectivity index (χ0) is 13.3. The number of halogens is 1. The summed E-state index contributed by atoms with van der Waals surface area (Å²) in [5.41, 5.74) is 5.13. The molecule has 1 aliphatic heterocycles. The number of piperidine rings is 1. The molecule has 0 bridgehead atoms. The van der Waals surface area contributed by atoms with E-state index in [1.165, 1.54) is 6.33 Å². The fraction of sp³-hybridized carbons (Fsp3) is 0.545. The average molecular weight is 315 g/mol. The fourth-order valence-corrected chi connectivity index (χ4v) is 2.65. The van der Waals surface area contributed by atoms with Crippen molar-refractivity contribution in [2.75, 3.05) is 11.4 Å². The number of hydrogen-bond acceptors (Lipinski definition) is 4. The Morgan fingerprint density at radius 2 is 2.33 bits per heavy atom. The molecule has 2 unspecified atom stereocenters. The van der Waals surface area contributed by atoms with Crippen LogP contribution in [0, 0.1) is 5.92 Å². The lowest BCUT2D eigenvalue weighted by Gasteiger charge is -2.37. The first-order valence-corrected chi connectivity index (χ1v) is 6.59. The van der Waals surface area contributed by atoms with Crippen molar-refractivity contribution in [3.63, 3.8) is 0 Å². The molecule has 0 saturated carbocycles. The van der Waals surface area contributed by atoms with Crippen LogP contribution in [0.5, 0.6) is 0 Å². The number of amides is 1. The number of rotatable bonds is 2. The normalized spacial score (nSPS) is 24.0. The van der Waals surface area contributed by atoms with Crippen molar-refractivity contribution in [2.24, 2.45) is 11.7 Å². The minimum Gasteiger partial charge on any atom is -0.369 e. The van der Waals surface area contributed by atoms with Gasteiger partial charge in [0.1, 0.15) is 4.47 Å². The van der Waals surface area contributed by atoms with E-state index in [1.807, 2.05) is 11.8 Å². The predicted molar refractivity (Wildman–Crippen MR) is 71.3 cm³/mol. The largest absolute Gasteiger partial charge is 0.369 e. The van der Waals surface area contributed by atoms with Crippen LogP contribution in [0.2, 0.25) is 0 Å². The topological polar surface area (TPSA) is 92.1 Å². The Labute approximate surface area is 113 Å². The molecule has 0 aromatic carbocycles. The zero-order valence-corrected chi connectivity index (χ0v) is 11.6. The van der Waals surface area contributed by atoms with Gasteiger partial charge in [-0.1, -0.05) is 0 Å². The van der Waals surface area contributed by atoms with Gasteiger partial charge in [-0.3, -0.25) is 9.59 Å². The summed E-state index contributed by atoms with van der Waals surface area (Å²) in [5, 5.41) is 0. The van der Waals surface area contributed by atoms with Crippen molar-refractivity contribution < 1.29 is 4.79 Å². The Bertz CT molecular complexity index is 516. The molecule has 98 valence electrons. The van der Waals surface area contributed by atoms with Crippen molar-refractivity contribution in [3.05, 3.63) is 21.2 Å². The molecule has 3 N–H and O–H groups in total. The second-order valence-corrected chi connectivity index (χ2v) is 5.34. The first kappa shape index (κ1) is 13.1. The second kappa shape index (κ2) is 5.09. The number of nitrogens with two attached hydrogens (primary N) is 1. The van der Waals surface area contributed by atoms with E-state index in [0.29, 0.717) is 16.8 Å². The third-order valence-corrected chi connectivity index (χ3v) is 4.05. The monoisotopic (exact) mass is 314 g/mol. The maximum Gasteiger partial charge on any atom is 0.267 e. The Hall–Kier alpha value is -1.37. The summed E-state index contributed by atoms with van der Waals surface area (Å²) in [6.07, 6.45) is 3.01. The van der Waals surface area contributed by atoms with Gasteiger partial charge in [0.15, 0.2) is 5.82 Å². The van der Waals surface area contributed by atoms with E-state index in [9.17, 15) is 9.59 Å². The summed E-state index contributed by atoms with van der Waals surface area (Å²) < 4.78 is 0.391. The number of H-pyrrole nitrogens is 1. The lowest BCUT2D eigenvalue weighted by molar-refractivity contribution is -0.122. The average Bonchev–Trinajstić information content (AvgIpc) is 2.33. The Morgan fingerprint density at radius 1 is 1.61 bits per heavy atom. The van der Waals surface area contributed by atoms with E-state index >= 15 is 0 Å². The molecule has 0 radical (unpaired) electrons. The third-order valence-electron chi connectivity index (χ3n) is 3.33. The molecule has 2 atom stereocenters. The first-order valence-electron chi connectivity index (χ1n) is 5.80. The zero-order valence-electron chi connectivity index (χ0n) is 10.0. The standard InChI is InChI=1S/C11H15BrN4O2/c1-6-2-3-7(9(13)17)4-16(6)10-8(12)11(18)15-5-14-10/h5-7H,2-4H2,1H3,(H2,13,17)(H,14,15,18). The Balaban J connectivity index is 2.32. The molecule has 1 amide bonds. The van der Waals surface area contributed by atoms with E-state index < -0.39 is 0 Å². The molecule has 7 heteroatoms. The molecular weight excluding hydrogens is 300 g/mol. The van der Waals surface area contributed by atoms with E-state index in [0.717, 1.165) is 12.8 Å². The van der Waals surface area contributed by atoms with Gasteiger partial charge >= 0.3 is 0 Å². The Kier molecular flexibility index (Phi) is 3.70. The minimum absolute atomic E-state index is 0.186. The number of aromatic nitrogens is 2. The number of carbonyl (C=O) groups is 1. The van der Waals surface area contributed by atoms with E-state index in [1.54, 1.807) is 0 Å². The molecule has 2 heterocycles. The fourth-order valence-electron chi connectivity index (χ4n) is 2.21. The van der Waals surface area contributed by atoms with Gasteiger partial charge in [-0.15, -0.1) is 0 Å². The molecule has 1 aliphatic rings. The summed E-state index contributed by atoms with van der Waals surface area (Å²) >= 11 is 3.24. The molecule has 18 heavy (non-hydrogen) atoms. The summed E-state index contributed by atoms with van der Waals surface area (Å²) in [7, 11) is 0. The molecule has 6 nitrogen and oxygen atoms in total. The van der Waals surface area contributed by atoms with E-state index in [4.69, 9.17) is 5.73 Å². The van der Waals surface area contributed by atoms with Gasteiger partial charge in [0, 0.05) is 12.6 Å². The maximum atomic E-state index is 11.5. The van der Waals surface area contributed by atoms with Crippen LogP contribution in [0.3, 0.4) is 0 Å². The van der Waals surface area contributed by atoms with E-state index in [-0.39, 0.29) is 23.4 Å². The predicted octanol–water partition coefficient (Wildman–Crippen LogP) is 0.623. The van der Waals surface area contributed by atoms with Gasteiger partial charge in [0.05, 0.1) is 12.2 Å². The first-order chi connectivity index (χ1) is 8.50. The van der Waals surface area contributed by atoms with Crippen LogP contribution >= 0.6 is 15.9 Å². The number of aromatic amines is 1. The van der Waals surface area contributed by atoms with Crippen LogP contribution in [-0.4, -0.2) is 28.5 Å². The molecule has 0 spiro atoms. The highest BCUT2D eigenvalue weighted by Gasteiger charge is 2.30. The lowest BCUT2D eigenvalue weighted by atomic mass is 9.93. The van der Waals surface area contributed by atoms with Gasteiger partial charge in [0.25, 0.3) is 5.56 Å². The smallest absolute Gasteiger partial charge is 0.267 e. The van der Waals surface area contributed by atoms with Crippen molar-refractivity contribution in [2.45, 2.75) is 25.8 Å².